The van der Waals surface area contributed by atoms with Crippen molar-refractivity contribution in [2.45, 2.75) is 10.8 Å². The van der Waals surface area contributed by atoms with Gasteiger partial charge in [0.1, 0.15) is 11.2 Å². The van der Waals surface area contributed by atoms with E-state index in [-0.39, 0.29) is 0 Å². The van der Waals surface area contributed by atoms with Gasteiger partial charge in [0, 0.05) is 15.8 Å². The Morgan fingerprint density at radius 1 is 0.391 bits per heavy atom. The van der Waals surface area contributed by atoms with Crippen LogP contribution < -0.4 is 0 Å². The highest BCUT2D eigenvalue weighted by molar-refractivity contribution is 6.33. The van der Waals surface area contributed by atoms with Crippen LogP contribution >= 0.6 is 11.6 Å². The molecule has 3 aliphatic rings. The molecule has 0 atom stereocenters. The largest absolute Gasteiger partial charge is 0.456 e. The molecule has 11 rings (SSSR count). The topological polar surface area (TPSA) is 13.1 Å². The van der Waals surface area contributed by atoms with Crippen LogP contribution in [0.1, 0.15) is 44.5 Å². The van der Waals surface area contributed by atoms with Crippen molar-refractivity contribution in [2.24, 2.45) is 0 Å². The van der Waals surface area contributed by atoms with Crippen molar-refractivity contribution in [2.75, 3.05) is 0 Å². The van der Waals surface area contributed by atoms with Gasteiger partial charge in [-0.15, -0.1) is 0 Å². The van der Waals surface area contributed by atoms with Crippen LogP contribution in [-0.4, -0.2) is 0 Å². The number of furan rings is 1. The minimum atomic E-state index is -0.625. The van der Waals surface area contributed by atoms with Crippen molar-refractivity contribution in [1.82, 2.24) is 0 Å². The molecule has 1 heterocycles. The van der Waals surface area contributed by atoms with Crippen LogP contribution in [0.25, 0.3) is 44.2 Å². The quantitative estimate of drug-likeness (QED) is 0.168. The van der Waals surface area contributed by atoms with Gasteiger partial charge >= 0.3 is 0 Å². The van der Waals surface area contributed by atoms with Crippen molar-refractivity contribution < 1.29 is 4.42 Å². The summed E-state index contributed by atoms with van der Waals surface area (Å²) >= 11 is 7.45. The second-order valence-corrected chi connectivity index (χ2v) is 13.2. The Balaban J connectivity index is 1.38. The zero-order chi connectivity index (χ0) is 30.2. The zero-order valence-corrected chi connectivity index (χ0v) is 25.5. The van der Waals surface area contributed by atoms with Gasteiger partial charge in [0.05, 0.1) is 10.8 Å². The molecule has 2 heteroatoms. The third-order valence-electron chi connectivity index (χ3n) is 11.0. The van der Waals surface area contributed by atoms with Gasteiger partial charge in [0.2, 0.25) is 0 Å². The van der Waals surface area contributed by atoms with E-state index in [2.05, 4.69) is 146 Å². The van der Waals surface area contributed by atoms with Gasteiger partial charge in [-0.3, -0.25) is 0 Å². The average Bonchev–Trinajstić information content (AvgIpc) is 3.74. The smallest absolute Gasteiger partial charge is 0.136 e. The van der Waals surface area contributed by atoms with Crippen LogP contribution in [0, 0.1) is 0 Å². The van der Waals surface area contributed by atoms with E-state index < -0.39 is 10.8 Å². The Hall–Kier alpha value is -5.37. The molecule has 0 saturated heterocycles. The summed E-state index contributed by atoms with van der Waals surface area (Å²) in [4.78, 5) is 0. The zero-order valence-electron chi connectivity index (χ0n) is 24.7. The highest BCUT2D eigenvalue weighted by Crippen LogP contribution is 2.68. The maximum absolute atomic E-state index is 7.45. The lowest BCUT2D eigenvalue weighted by Gasteiger charge is -2.49. The first-order valence-electron chi connectivity index (χ1n) is 15.9. The maximum atomic E-state index is 7.45. The van der Waals surface area contributed by atoms with Gasteiger partial charge in [-0.25, -0.2) is 0 Å². The molecule has 0 radical (unpaired) electrons. The molecule has 0 fully saturated rings. The fourth-order valence-corrected chi connectivity index (χ4v) is 9.91. The summed E-state index contributed by atoms with van der Waals surface area (Å²) in [5, 5.41) is 3.06. The molecule has 0 unspecified atom stereocenters. The first-order chi connectivity index (χ1) is 22.8. The number of para-hydroxylation sites is 1. The molecular formula is C44H25ClO. The predicted molar refractivity (Wildman–Crippen MR) is 187 cm³/mol. The highest BCUT2D eigenvalue weighted by Gasteiger charge is 2.59. The molecule has 0 bridgehead atoms. The van der Waals surface area contributed by atoms with Crippen molar-refractivity contribution in [3.05, 3.63) is 201 Å². The molecule has 8 aromatic rings. The number of rotatable bonds is 0. The fourth-order valence-electron chi connectivity index (χ4n) is 9.60. The summed E-state index contributed by atoms with van der Waals surface area (Å²) in [5.74, 6) is 0. The molecule has 46 heavy (non-hydrogen) atoms. The molecule has 1 aromatic heterocycles. The van der Waals surface area contributed by atoms with Crippen LogP contribution in [-0.2, 0) is 10.8 Å². The summed E-state index contributed by atoms with van der Waals surface area (Å²) in [6.07, 6.45) is 0. The monoisotopic (exact) mass is 604 g/mol. The number of hydrogen-bond acceptors (Lipinski definition) is 1. The minimum Gasteiger partial charge on any atom is -0.456 e. The van der Waals surface area contributed by atoms with E-state index >= 15 is 0 Å². The Morgan fingerprint density at radius 2 is 0.913 bits per heavy atom. The molecule has 1 nitrogen and oxygen atoms in total. The highest BCUT2D eigenvalue weighted by atomic mass is 35.5. The average molecular weight is 605 g/mol. The lowest BCUT2D eigenvalue weighted by molar-refractivity contribution is 0.632. The lowest BCUT2D eigenvalue weighted by atomic mass is 9.52. The number of benzene rings is 7. The number of halogens is 1. The van der Waals surface area contributed by atoms with E-state index in [4.69, 9.17) is 16.0 Å². The van der Waals surface area contributed by atoms with E-state index in [1.165, 1.54) is 61.2 Å². The fraction of sp³-hybridized carbons (Fsp3) is 0.0455. The molecule has 7 aromatic carbocycles. The molecule has 214 valence electrons. The van der Waals surface area contributed by atoms with Crippen LogP contribution in [0.4, 0.5) is 0 Å². The van der Waals surface area contributed by atoms with Crippen LogP contribution in [0.15, 0.2) is 156 Å². The van der Waals surface area contributed by atoms with Gasteiger partial charge in [0.25, 0.3) is 0 Å². The van der Waals surface area contributed by atoms with Gasteiger partial charge < -0.3 is 4.42 Å². The van der Waals surface area contributed by atoms with Gasteiger partial charge in [0.15, 0.2) is 0 Å². The van der Waals surface area contributed by atoms with Crippen LogP contribution in [0.3, 0.4) is 0 Å². The Kier molecular flexibility index (Phi) is 4.58. The van der Waals surface area contributed by atoms with Crippen molar-refractivity contribution >= 4 is 33.5 Å². The van der Waals surface area contributed by atoms with Gasteiger partial charge in [-0.05, 0) is 85.0 Å². The Bertz CT molecular complexity index is 2530. The van der Waals surface area contributed by atoms with Gasteiger partial charge in [-0.2, -0.15) is 0 Å². The molecule has 0 N–H and O–H groups in total. The predicted octanol–water partition coefficient (Wildman–Crippen LogP) is 11.3. The first kappa shape index (κ1) is 24.9. The molecule has 2 spiro atoms. The maximum Gasteiger partial charge on any atom is 0.136 e. The van der Waals surface area contributed by atoms with E-state index in [0.717, 1.165) is 32.5 Å². The third kappa shape index (κ3) is 2.62. The Labute approximate surface area is 271 Å². The summed E-state index contributed by atoms with van der Waals surface area (Å²) < 4.78 is 6.46. The van der Waals surface area contributed by atoms with Crippen molar-refractivity contribution in [1.29, 1.82) is 0 Å². The molecule has 3 aliphatic carbocycles. The molecule has 0 saturated carbocycles. The number of fused-ring (bicyclic) bond motifs is 20. The second kappa shape index (κ2) is 8.46. The number of hydrogen-bond donors (Lipinski definition) is 0. The Morgan fingerprint density at radius 3 is 1.57 bits per heavy atom. The van der Waals surface area contributed by atoms with Crippen LogP contribution in [0.5, 0.6) is 0 Å². The summed E-state index contributed by atoms with van der Waals surface area (Å²) in [5.41, 5.74) is 15.9. The van der Waals surface area contributed by atoms with E-state index in [1.54, 1.807) is 0 Å². The normalized spacial score (nSPS) is 15.4. The van der Waals surface area contributed by atoms with Crippen molar-refractivity contribution in [3.8, 4) is 22.3 Å². The van der Waals surface area contributed by atoms with E-state index in [1.807, 2.05) is 6.07 Å². The lowest BCUT2D eigenvalue weighted by Crippen LogP contribution is -2.43. The summed E-state index contributed by atoms with van der Waals surface area (Å²) in [6, 6.07) is 55.5. The molecule has 0 amide bonds. The summed E-state index contributed by atoms with van der Waals surface area (Å²) in [7, 11) is 0. The SMILES string of the molecule is Clc1cccc2c1C1(c3ccccc3C3(c4ccccc4-c4ccccc43)c3ccccc31)c1ccc3oc4ccccc4c3c1-2. The molecular weight excluding hydrogens is 580 g/mol. The van der Waals surface area contributed by atoms with Crippen molar-refractivity contribution in [3.63, 3.8) is 0 Å². The van der Waals surface area contributed by atoms with E-state index in [0.29, 0.717) is 0 Å². The standard InChI is InChI=1S/C44H25ClO/c45-37-22-11-15-29-40-36(24-25-39-41(40)28-14-3-10-23-38(28)46-39)44(42(29)37)34-20-8-6-18-32(34)43(33-19-7-9-21-35(33)44)30-16-4-1-12-26(30)27-13-2-5-17-31(27)43/h1-25H. The minimum absolute atomic E-state index is 0.470. The second-order valence-electron chi connectivity index (χ2n) is 12.8. The first-order valence-corrected chi connectivity index (χ1v) is 16.3. The molecule has 0 aliphatic heterocycles. The van der Waals surface area contributed by atoms with Crippen LogP contribution in [0.2, 0.25) is 5.02 Å². The summed E-state index contributed by atoms with van der Waals surface area (Å²) in [6.45, 7) is 0. The van der Waals surface area contributed by atoms with Gasteiger partial charge in [-0.1, -0.05) is 145 Å². The van der Waals surface area contributed by atoms with E-state index in [9.17, 15) is 0 Å². The third-order valence-corrected chi connectivity index (χ3v) is 11.3.